The first-order chi connectivity index (χ1) is 14.0. The number of aliphatic hydroxyl groups is 1. The summed E-state index contributed by atoms with van der Waals surface area (Å²) in [6, 6.07) is 10.8. The number of nitrogens with zero attached hydrogens (tertiary/aromatic N) is 3. The van der Waals surface area contributed by atoms with Crippen LogP contribution in [0.25, 0.3) is 10.9 Å². The van der Waals surface area contributed by atoms with Gasteiger partial charge in [-0.15, -0.1) is 0 Å². The number of ether oxygens (including phenoxy) is 1. The number of fused-ring (bicyclic) bond motifs is 3. The highest BCUT2D eigenvalue weighted by Crippen LogP contribution is 2.33. The van der Waals surface area contributed by atoms with E-state index in [1.807, 2.05) is 12.1 Å². The number of aryl methyl sites for hydroxylation is 1. The molecule has 152 valence electrons. The summed E-state index contributed by atoms with van der Waals surface area (Å²) in [4.78, 5) is 6.53. The molecule has 0 saturated heterocycles. The Hall–Kier alpha value is -2.63. The van der Waals surface area contributed by atoms with E-state index in [1.165, 1.54) is 27.7 Å². The third-order valence-corrected chi connectivity index (χ3v) is 5.74. The summed E-state index contributed by atoms with van der Waals surface area (Å²) < 4.78 is 8.65. The summed E-state index contributed by atoms with van der Waals surface area (Å²) >= 11 is 0. The van der Waals surface area contributed by atoms with Crippen molar-refractivity contribution in [3.05, 3.63) is 77.4 Å². The molecule has 0 amide bonds. The number of aromatic nitrogens is 2. The number of benzene rings is 1. The zero-order chi connectivity index (χ0) is 20.4. The third kappa shape index (κ3) is 4.21. The molecule has 1 N–H and O–H groups in total. The number of hydrogen-bond donors (Lipinski definition) is 1. The molecule has 1 aliphatic heterocycles. The molecule has 3 aromatic rings. The third-order valence-electron chi connectivity index (χ3n) is 5.74. The number of pyridine rings is 1. The lowest BCUT2D eigenvalue weighted by molar-refractivity contribution is 0.0386. The highest BCUT2D eigenvalue weighted by Gasteiger charge is 2.24. The van der Waals surface area contributed by atoms with E-state index in [-0.39, 0.29) is 11.9 Å². The molecule has 5 heteroatoms. The van der Waals surface area contributed by atoms with Crippen LogP contribution in [0.15, 0.2) is 55.1 Å². The lowest BCUT2D eigenvalue weighted by Gasteiger charge is -2.26. The quantitative estimate of drug-likeness (QED) is 0.600. The Morgan fingerprint density at radius 2 is 2.07 bits per heavy atom. The van der Waals surface area contributed by atoms with Crippen molar-refractivity contribution in [2.75, 3.05) is 20.2 Å². The van der Waals surface area contributed by atoms with E-state index in [0.717, 1.165) is 31.6 Å². The van der Waals surface area contributed by atoms with E-state index < -0.39 is 0 Å². The zero-order valence-corrected chi connectivity index (χ0v) is 17.3. The first kappa shape index (κ1) is 19.7. The lowest BCUT2D eigenvalue weighted by atomic mass is 10.0. The van der Waals surface area contributed by atoms with Gasteiger partial charge in [-0.2, -0.15) is 0 Å². The lowest BCUT2D eigenvalue weighted by Crippen LogP contribution is -2.28. The van der Waals surface area contributed by atoms with Gasteiger partial charge < -0.3 is 19.3 Å². The normalized spacial score (nSPS) is 15.4. The second-order valence-corrected chi connectivity index (χ2v) is 8.00. The molecule has 0 saturated carbocycles. The molecular weight excluding hydrogens is 362 g/mol. The van der Waals surface area contributed by atoms with Gasteiger partial charge in [0.15, 0.2) is 0 Å². The van der Waals surface area contributed by atoms with Crippen LogP contribution in [0.3, 0.4) is 0 Å². The molecule has 5 nitrogen and oxygen atoms in total. The van der Waals surface area contributed by atoms with Gasteiger partial charge in [-0.1, -0.05) is 18.2 Å². The summed E-state index contributed by atoms with van der Waals surface area (Å²) in [5.74, 6) is 0.152. The van der Waals surface area contributed by atoms with Gasteiger partial charge in [0.2, 0.25) is 0 Å². The molecule has 29 heavy (non-hydrogen) atoms. The molecule has 0 aliphatic carbocycles. The minimum Gasteiger partial charge on any atom is -0.513 e. The summed E-state index contributed by atoms with van der Waals surface area (Å²) in [6.07, 6.45) is 5.00. The van der Waals surface area contributed by atoms with Crippen molar-refractivity contribution in [1.82, 2.24) is 14.5 Å². The van der Waals surface area contributed by atoms with E-state index in [4.69, 9.17) is 4.74 Å². The van der Waals surface area contributed by atoms with Gasteiger partial charge in [0, 0.05) is 48.5 Å². The molecule has 1 aliphatic rings. The van der Waals surface area contributed by atoms with Gasteiger partial charge >= 0.3 is 0 Å². The molecule has 3 heterocycles. The second-order valence-electron chi connectivity index (χ2n) is 8.00. The molecular formula is C24H29N3O2. The minimum absolute atomic E-state index is 0.120. The van der Waals surface area contributed by atoms with Crippen LogP contribution < -0.4 is 0 Å². The summed E-state index contributed by atoms with van der Waals surface area (Å²) in [5, 5.41) is 10.8. The van der Waals surface area contributed by atoms with E-state index in [0.29, 0.717) is 13.0 Å². The van der Waals surface area contributed by atoms with Crippen LogP contribution in [0.2, 0.25) is 0 Å². The van der Waals surface area contributed by atoms with Gasteiger partial charge in [0.05, 0.1) is 18.9 Å². The first-order valence-electron chi connectivity index (χ1n) is 10.2. The smallest absolute Gasteiger partial charge is 0.100 e. The molecule has 0 spiro atoms. The topological polar surface area (TPSA) is 50.5 Å². The van der Waals surface area contributed by atoms with Crippen molar-refractivity contribution in [2.45, 2.75) is 39.0 Å². The first-order valence-corrected chi connectivity index (χ1v) is 10.2. The highest BCUT2D eigenvalue weighted by atomic mass is 16.5. The number of hydrogen-bond acceptors (Lipinski definition) is 4. The van der Waals surface area contributed by atoms with Crippen molar-refractivity contribution < 1.29 is 9.84 Å². The average molecular weight is 392 g/mol. The molecule has 0 bridgehead atoms. The van der Waals surface area contributed by atoms with Crippen LogP contribution in [0, 0.1) is 6.92 Å². The molecule has 1 aromatic carbocycles. The van der Waals surface area contributed by atoms with Crippen molar-refractivity contribution in [3.8, 4) is 0 Å². The van der Waals surface area contributed by atoms with E-state index in [9.17, 15) is 5.11 Å². The van der Waals surface area contributed by atoms with Crippen LogP contribution >= 0.6 is 0 Å². The average Bonchev–Trinajstić information content (AvgIpc) is 2.99. The maximum Gasteiger partial charge on any atom is 0.100 e. The Bertz CT molecular complexity index is 1010. The fourth-order valence-corrected chi connectivity index (χ4v) is 4.21. The van der Waals surface area contributed by atoms with E-state index >= 15 is 0 Å². The summed E-state index contributed by atoms with van der Waals surface area (Å²) in [5.41, 5.74) is 6.51. The van der Waals surface area contributed by atoms with Crippen molar-refractivity contribution >= 4 is 10.9 Å². The highest BCUT2D eigenvalue weighted by molar-refractivity contribution is 5.86. The van der Waals surface area contributed by atoms with Crippen molar-refractivity contribution in [3.63, 3.8) is 0 Å². The van der Waals surface area contributed by atoms with Crippen molar-refractivity contribution in [2.24, 2.45) is 0 Å². The SMILES string of the molecule is C=C(O)CCOC(Cn1c2c(c3cc(C)ccc31)CCN(C)C2)c1ccncc1. The number of likely N-dealkylation sites (N-methyl/N-ethyl adjacent to an activating group) is 1. The zero-order valence-electron chi connectivity index (χ0n) is 17.3. The summed E-state index contributed by atoms with van der Waals surface area (Å²) in [7, 11) is 2.18. The predicted molar refractivity (Wildman–Crippen MR) is 116 cm³/mol. The van der Waals surface area contributed by atoms with Gasteiger partial charge in [-0.05, 0) is 55.8 Å². The predicted octanol–water partition coefficient (Wildman–Crippen LogP) is 4.55. The number of rotatable bonds is 7. The van der Waals surface area contributed by atoms with Crippen LogP contribution in [0.1, 0.15) is 34.9 Å². The Kier molecular flexibility index (Phi) is 5.69. The van der Waals surface area contributed by atoms with Crippen LogP contribution in [-0.4, -0.2) is 39.8 Å². The standard InChI is InChI=1S/C24H29N3O2/c1-17-4-5-22-21(14-17)20-8-12-26(3)15-23(20)27(22)16-24(29-13-9-18(2)28)19-6-10-25-11-7-19/h4-7,10-11,14,24,28H,2,8-9,12-13,15-16H2,1,3H3. The fourth-order valence-electron chi connectivity index (χ4n) is 4.21. The molecule has 1 unspecified atom stereocenters. The van der Waals surface area contributed by atoms with Crippen LogP contribution in [0.5, 0.6) is 0 Å². The van der Waals surface area contributed by atoms with Gasteiger partial charge in [0.25, 0.3) is 0 Å². The second kappa shape index (κ2) is 8.39. The molecule has 1 atom stereocenters. The molecule has 0 fully saturated rings. The molecule has 0 radical (unpaired) electrons. The number of aliphatic hydroxyl groups excluding tert-OH is 1. The van der Waals surface area contributed by atoms with Gasteiger partial charge in [0.1, 0.15) is 6.10 Å². The largest absolute Gasteiger partial charge is 0.513 e. The Morgan fingerprint density at radius 3 is 2.83 bits per heavy atom. The Morgan fingerprint density at radius 1 is 1.28 bits per heavy atom. The van der Waals surface area contributed by atoms with Crippen molar-refractivity contribution in [1.29, 1.82) is 0 Å². The fraction of sp³-hybridized carbons (Fsp3) is 0.375. The summed E-state index contributed by atoms with van der Waals surface area (Å²) in [6.45, 7) is 8.92. The van der Waals surface area contributed by atoms with E-state index in [2.05, 4.69) is 53.2 Å². The van der Waals surface area contributed by atoms with Gasteiger partial charge in [-0.25, -0.2) is 0 Å². The maximum absolute atomic E-state index is 9.45. The van der Waals surface area contributed by atoms with Crippen LogP contribution in [-0.2, 0) is 24.2 Å². The molecule has 4 rings (SSSR count). The maximum atomic E-state index is 9.45. The Balaban J connectivity index is 1.73. The monoisotopic (exact) mass is 391 g/mol. The van der Waals surface area contributed by atoms with Gasteiger partial charge in [-0.3, -0.25) is 4.98 Å². The van der Waals surface area contributed by atoms with Crippen LogP contribution in [0.4, 0.5) is 0 Å². The molecule has 2 aromatic heterocycles. The Labute approximate surface area is 172 Å². The van der Waals surface area contributed by atoms with E-state index in [1.54, 1.807) is 12.4 Å². The minimum atomic E-state index is -0.120.